The Morgan fingerprint density at radius 1 is 1.00 bits per heavy atom. The Hall–Kier alpha value is -0.715. The van der Waals surface area contributed by atoms with Crippen molar-refractivity contribution in [3.05, 3.63) is 28.3 Å². The first-order valence-electron chi connectivity index (χ1n) is 6.82. The monoisotopic (exact) mass is 242 g/mol. The molecule has 0 spiro atoms. The van der Waals surface area contributed by atoms with E-state index in [1.165, 1.54) is 22.3 Å². The molecule has 0 aliphatic carbocycles. The van der Waals surface area contributed by atoms with E-state index < -0.39 is 0 Å². The van der Waals surface area contributed by atoms with Gasteiger partial charge in [-0.1, -0.05) is 64.2 Å². The summed E-state index contributed by atoms with van der Waals surface area (Å²) in [5, 5.41) is 0. The van der Waals surface area contributed by atoms with E-state index in [0.717, 1.165) is 11.9 Å². The zero-order chi connectivity index (χ0) is 14.3. The van der Waals surface area contributed by atoms with Gasteiger partial charge in [0.05, 0.1) is 0 Å². The molecule has 0 aliphatic rings. The molecule has 1 heteroatoms. The Kier molecular flexibility index (Phi) is 4.05. The van der Waals surface area contributed by atoms with E-state index in [9.17, 15) is 0 Å². The smallest absolute Gasteiger partial charge is 0.0907 e. The van der Waals surface area contributed by atoms with Crippen LogP contribution < -0.4 is 5.46 Å². The molecule has 0 saturated heterocycles. The van der Waals surface area contributed by atoms with E-state index in [0.29, 0.717) is 0 Å². The standard InChI is InChI=1S/C17H27B/c1-11-9-14(17(6,7)8)13(10-16(3,4)5)12(2)15(11)18/h9H,10H2,1-8H3. The summed E-state index contributed by atoms with van der Waals surface area (Å²) in [6.45, 7) is 18.0. The summed E-state index contributed by atoms with van der Waals surface area (Å²) in [4.78, 5) is 0. The molecule has 0 amide bonds. The van der Waals surface area contributed by atoms with E-state index in [-0.39, 0.29) is 10.8 Å². The van der Waals surface area contributed by atoms with Gasteiger partial charge >= 0.3 is 0 Å². The van der Waals surface area contributed by atoms with Crippen molar-refractivity contribution in [2.45, 2.75) is 67.2 Å². The zero-order valence-corrected chi connectivity index (χ0v) is 13.4. The molecule has 0 bridgehead atoms. The van der Waals surface area contributed by atoms with Crippen LogP contribution in [0, 0.1) is 19.3 Å². The minimum Gasteiger partial charge on any atom is -0.0907 e. The Balaban J connectivity index is 3.50. The van der Waals surface area contributed by atoms with Gasteiger partial charge in [-0.25, -0.2) is 0 Å². The molecule has 98 valence electrons. The fraction of sp³-hybridized carbons (Fsp3) is 0.647. The maximum atomic E-state index is 6.21. The molecule has 0 nitrogen and oxygen atoms in total. The van der Waals surface area contributed by atoms with Gasteiger partial charge in [0.25, 0.3) is 0 Å². The van der Waals surface area contributed by atoms with Gasteiger partial charge < -0.3 is 0 Å². The Morgan fingerprint density at radius 3 is 1.89 bits per heavy atom. The molecule has 0 heterocycles. The molecule has 0 aliphatic heterocycles. The van der Waals surface area contributed by atoms with Crippen molar-refractivity contribution in [3.8, 4) is 0 Å². The summed E-state index contributed by atoms with van der Waals surface area (Å²) < 4.78 is 0. The lowest BCUT2D eigenvalue weighted by atomic mass is 9.72. The summed E-state index contributed by atoms with van der Waals surface area (Å²) in [6, 6.07) is 2.28. The zero-order valence-electron chi connectivity index (χ0n) is 13.4. The molecule has 1 aromatic carbocycles. The van der Waals surface area contributed by atoms with Crippen molar-refractivity contribution in [1.29, 1.82) is 0 Å². The normalized spacial score (nSPS) is 12.9. The first kappa shape index (κ1) is 15.3. The predicted octanol–water partition coefficient (Wildman–Crippen LogP) is 3.98. The van der Waals surface area contributed by atoms with Crippen LogP contribution in [0.4, 0.5) is 0 Å². The first-order valence-corrected chi connectivity index (χ1v) is 6.82. The van der Waals surface area contributed by atoms with Crippen LogP contribution in [0.25, 0.3) is 0 Å². The molecule has 18 heavy (non-hydrogen) atoms. The highest BCUT2D eigenvalue weighted by molar-refractivity contribution is 6.34. The average molecular weight is 242 g/mol. The molecule has 2 radical (unpaired) electrons. The molecular weight excluding hydrogens is 215 g/mol. The molecule has 0 unspecified atom stereocenters. The number of hydrogen-bond donors (Lipinski definition) is 0. The van der Waals surface area contributed by atoms with Crippen molar-refractivity contribution < 1.29 is 0 Å². The van der Waals surface area contributed by atoms with Crippen molar-refractivity contribution in [2.24, 2.45) is 5.41 Å². The van der Waals surface area contributed by atoms with E-state index in [1.807, 2.05) is 0 Å². The van der Waals surface area contributed by atoms with Crippen LogP contribution in [0.15, 0.2) is 6.07 Å². The summed E-state index contributed by atoms with van der Waals surface area (Å²) in [7, 11) is 6.21. The number of aryl methyl sites for hydroxylation is 1. The highest BCUT2D eigenvalue weighted by Gasteiger charge is 2.24. The number of rotatable bonds is 1. The topological polar surface area (TPSA) is 0 Å². The maximum Gasteiger partial charge on any atom is 0.114 e. The second-order valence-corrected chi connectivity index (χ2v) is 7.75. The lowest BCUT2D eigenvalue weighted by Crippen LogP contribution is -2.25. The van der Waals surface area contributed by atoms with Crippen LogP contribution in [-0.4, -0.2) is 7.85 Å². The third-order valence-electron chi connectivity index (χ3n) is 3.48. The van der Waals surface area contributed by atoms with Gasteiger partial charge in [0.15, 0.2) is 0 Å². The third-order valence-corrected chi connectivity index (χ3v) is 3.48. The van der Waals surface area contributed by atoms with Crippen LogP contribution in [0.1, 0.15) is 63.8 Å². The summed E-state index contributed by atoms with van der Waals surface area (Å²) in [5.41, 5.74) is 6.78. The molecule has 0 aromatic heterocycles. The maximum absolute atomic E-state index is 6.21. The molecular formula is C17H27B. The Labute approximate surface area is 115 Å². The van der Waals surface area contributed by atoms with Crippen molar-refractivity contribution in [3.63, 3.8) is 0 Å². The van der Waals surface area contributed by atoms with E-state index in [4.69, 9.17) is 7.85 Å². The highest BCUT2D eigenvalue weighted by Crippen LogP contribution is 2.32. The second-order valence-electron chi connectivity index (χ2n) is 7.75. The fourth-order valence-corrected chi connectivity index (χ4v) is 2.47. The van der Waals surface area contributed by atoms with Gasteiger partial charge in [-0.15, -0.1) is 0 Å². The van der Waals surface area contributed by atoms with E-state index in [1.54, 1.807) is 0 Å². The molecule has 1 aromatic rings. The lowest BCUT2D eigenvalue weighted by Gasteiger charge is -2.30. The molecule has 0 N–H and O–H groups in total. The molecule has 0 atom stereocenters. The molecule has 1 rings (SSSR count). The number of benzene rings is 1. The number of hydrogen-bond acceptors (Lipinski definition) is 0. The SMILES string of the molecule is [B]c1c(C)cc(C(C)(C)C)c(CC(C)(C)C)c1C. The van der Waals surface area contributed by atoms with Crippen molar-refractivity contribution >= 4 is 13.3 Å². The largest absolute Gasteiger partial charge is 0.114 e. The minimum atomic E-state index is 0.170. The van der Waals surface area contributed by atoms with Crippen LogP contribution in [-0.2, 0) is 11.8 Å². The summed E-state index contributed by atoms with van der Waals surface area (Å²) in [5.74, 6) is 0. The van der Waals surface area contributed by atoms with Gasteiger partial charge in [0.2, 0.25) is 0 Å². The minimum absolute atomic E-state index is 0.170. The van der Waals surface area contributed by atoms with Gasteiger partial charge in [0.1, 0.15) is 7.85 Å². The third kappa shape index (κ3) is 3.40. The van der Waals surface area contributed by atoms with Crippen LogP contribution in [0.5, 0.6) is 0 Å². The summed E-state index contributed by atoms with van der Waals surface area (Å²) in [6.07, 6.45) is 1.08. The van der Waals surface area contributed by atoms with Gasteiger partial charge in [-0.2, -0.15) is 0 Å². The van der Waals surface area contributed by atoms with Gasteiger partial charge in [-0.3, -0.25) is 0 Å². The predicted molar refractivity (Wildman–Crippen MR) is 83.2 cm³/mol. The van der Waals surface area contributed by atoms with Crippen LogP contribution in [0.2, 0.25) is 0 Å². The molecule has 0 saturated carbocycles. The van der Waals surface area contributed by atoms with Crippen LogP contribution >= 0.6 is 0 Å². The van der Waals surface area contributed by atoms with Gasteiger partial charge in [0, 0.05) is 0 Å². The van der Waals surface area contributed by atoms with Crippen LogP contribution in [0.3, 0.4) is 0 Å². The van der Waals surface area contributed by atoms with Crippen molar-refractivity contribution in [1.82, 2.24) is 0 Å². The van der Waals surface area contributed by atoms with Crippen molar-refractivity contribution in [2.75, 3.05) is 0 Å². The lowest BCUT2D eigenvalue weighted by molar-refractivity contribution is 0.405. The Morgan fingerprint density at radius 2 is 1.50 bits per heavy atom. The second kappa shape index (κ2) is 4.76. The fourth-order valence-electron chi connectivity index (χ4n) is 2.47. The first-order chi connectivity index (χ1) is 7.93. The van der Waals surface area contributed by atoms with E-state index >= 15 is 0 Å². The van der Waals surface area contributed by atoms with E-state index in [2.05, 4.69) is 61.5 Å². The average Bonchev–Trinajstić information content (AvgIpc) is 2.15. The Bertz CT molecular complexity index is 442. The quantitative estimate of drug-likeness (QED) is 0.653. The van der Waals surface area contributed by atoms with Gasteiger partial charge in [-0.05, 0) is 42.2 Å². The highest BCUT2D eigenvalue weighted by atomic mass is 14.3. The summed E-state index contributed by atoms with van der Waals surface area (Å²) >= 11 is 0. The molecule has 0 fully saturated rings.